The van der Waals surface area contributed by atoms with Gasteiger partial charge in [0.05, 0.1) is 18.2 Å². The number of fused-ring (bicyclic) bond motifs is 2. The number of nitrogens with one attached hydrogen (secondary N) is 1. The van der Waals surface area contributed by atoms with Gasteiger partial charge in [-0.2, -0.15) is 5.26 Å². The van der Waals surface area contributed by atoms with Gasteiger partial charge in [0.2, 0.25) is 5.95 Å². The van der Waals surface area contributed by atoms with Crippen molar-refractivity contribution in [3.05, 3.63) is 70.9 Å². The molecule has 0 saturated heterocycles. The second-order valence-corrected chi connectivity index (χ2v) is 7.12. The summed E-state index contributed by atoms with van der Waals surface area (Å²) in [6, 6.07) is 10.7. The first-order valence-electron chi connectivity index (χ1n) is 9.52. The van der Waals surface area contributed by atoms with Crippen LogP contribution in [0.5, 0.6) is 5.75 Å². The van der Waals surface area contributed by atoms with E-state index in [1.54, 1.807) is 29.1 Å². The first kappa shape index (κ1) is 18.1. The molecule has 1 aliphatic heterocycles. The van der Waals surface area contributed by atoms with Crippen molar-refractivity contribution in [2.24, 2.45) is 0 Å². The van der Waals surface area contributed by atoms with Crippen LogP contribution < -0.4 is 10.1 Å². The summed E-state index contributed by atoms with van der Waals surface area (Å²) in [6.07, 6.45) is 3.98. The van der Waals surface area contributed by atoms with Gasteiger partial charge in [-0.3, -0.25) is 4.40 Å². The number of benzene rings is 2. The lowest BCUT2D eigenvalue weighted by Crippen LogP contribution is -2.09. The highest BCUT2D eigenvalue weighted by atomic mass is 19.1. The number of hydrogen-bond donors (Lipinski definition) is 1. The van der Waals surface area contributed by atoms with Gasteiger partial charge >= 0.3 is 0 Å². The maximum absolute atomic E-state index is 14.4. The predicted molar refractivity (Wildman–Crippen MR) is 109 cm³/mol. The van der Waals surface area contributed by atoms with E-state index in [9.17, 15) is 4.39 Å². The Balaban J connectivity index is 1.50. The zero-order valence-electron chi connectivity index (χ0n) is 16.2. The molecule has 0 unspecified atom stereocenters. The molecule has 148 valence electrons. The highest BCUT2D eigenvalue weighted by molar-refractivity contribution is 5.80. The number of nitrogens with zero attached hydrogens (tertiary/aromatic N) is 5. The molecule has 2 aromatic carbocycles. The number of halogens is 1. The quantitative estimate of drug-likeness (QED) is 0.563. The number of anilines is 1. The minimum Gasteiger partial charge on any atom is -0.493 e. The molecule has 0 saturated carbocycles. The lowest BCUT2D eigenvalue weighted by Gasteiger charge is -2.13. The van der Waals surface area contributed by atoms with Crippen LogP contribution in [-0.2, 0) is 13.0 Å². The third-order valence-corrected chi connectivity index (χ3v) is 5.34. The molecule has 2 aromatic heterocycles. The van der Waals surface area contributed by atoms with Gasteiger partial charge in [-0.05, 0) is 42.3 Å². The summed E-state index contributed by atoms with van der Waals surface area (Å²) in [5, 5.41) is 20.6. The van der Waals surface area contributed by atoms with Crippen molar-refractivity contribution in [2.75, 3.05) is 11.9 Å². The molecule has 0 fully saturated rings. The van der Waals surface area contributed by atoms with Crippen LogP contribution in [0.1, 0.15) is 22.3 Å². The first-order valence-corrected chi connectivity index (χ1v) is 9.52. The van der Waals surface area contributed by atoms with Crippen molar-refractivity contribution in [3.63, 3.8) is 0 Å². The van der Waals surface area contributed by atoms with Gasteiger partial charge in [0, 0.05) is 35.9 Å². The third-order valence-electron chi connectivity index (χ3n) is 5.34. The van der Waals surface area contributed by atoms with Gasteiger partial charge in [0.25, 0.3) is 0 Å². The van der Waals surface area contributed by atoms with E-state index in [0.29, 0.717) is 35.8 Å². The Morgan fingerprint density at radius 2 is 2.17 bits per heavy atom. The molecule has 0 spiro atoms. The molecule has 1 N–H and O–H groups in total. The maximum Gasteiger partial charge on any atom is 0.210 e. The molecule has 0 bridgehead atoms. The summed E-state index contributed by atoms with van der Waals surface area (Å²) in [6.45, 7) is 2.78. The van der Waals surface area contributed by atoms with Crippen LogP contribution >= 0.6 is 0 Å². The normalized spacial score (nSPS) is 12.4. The van der Waals surface area contributed by atoms with Gasteiger partial charge < -0.3 is 10.1 Å². The summed E-state index contributed by atoms with van der Waals surface area (Å²) in [4.78, 5) is 4.53. The number of aryl methyl sites for hydroxylation is 1. The highest BCUT2D eigenvalue weighted by Crippen LogP contribution is 2.31. The van der Waals surface area contributed by atoms with E-state index in [1.807, 2.05) is 19.1 Å². The molecule has 0 atom stereocenters. The van der Waals surface area contributed by atoms with Gasteiger partial charge in [0.1, 0.15) is 17.9 Å². The number of aromatic nitrogens is 4. The lowest BCUT2D eigenvalue weighted by atomic mass is 10.0. The van der Waals surface area contributed by atoms with Crippen LogP contribution in [0.3, 0.4) is 0 Å². The fourth-order valence-corrected chi connectivity index (χ4v) is 3.85. The van der Waals surface area contributed by atoms with Crippen LogP contribution in [0.15, 0.2) is 42.9 Å². The van der Waals surface area contributed by atoms with Crippen LogP contribution in [0.4, 0.5) is 10.3 Å². The Morgan fingerprint density at radius 1 is 1.27 bits per heavy atom. The average molecular weight is 400 g/mol. The van der Waals surface area contributed by atoms with E-state index >= 15 is 0 Å². The smallest absolute Gasteiger partial charge is 0.210 e. The molecule has 0 radical (unpaired) electrons. The Bertz CT molecular complexity index is 1320. The Hall–Kier alpha value is -3.99. The van der Waals surface area contributed by atoms with E-state index in [2.05, 4.69) is 26.6 Å². The second kappa shape index (κ2) is 7.12. The van der Waals surface area contributed by atoms with E-state index in [1.165, 1.54) is 6.07 Å². The standard InChI is InChI=1S/C22H17FN6O/c1-13-8-14(9-24)2-3-15(13)18-11-26-22(29-12-27-28-21(18)29)25-10-17-16-6-7-30-20(16)5-4-19(17)23/h2-5,8,11-12H,6-7,10H2,1H3,(H,25,26). The highest BCUT2D eigenvalue weighted by Gasteiger charge is 2.20. The number of rotatable bonds is 4. The first-order chi connectivity index (χ1) is 14.7. The third kappa shape index (κ3) is 2.92. The SMILES string of the molecule is Cc1cc(C#N)ccc1-c1cnc(NCc2c(F)ccc3c2CCO3)n2cnnc12. The molecule has 3 heterocycles. The summed E-state index contributed by atoms with van der Waals surface area (Å²) in [7, 11) is 0. The van der Waals surface area contributed by atoms with Crippen molar-refractivity contribution in [3.8, 4) is 22.9 Å². The van der Waals surface area contributed by atoms with E-state index in [0.717, 1.165) is 28.0 Å². The Morgan fingerprint density at radius 3 is 3.00 bits per heavy atom. The summed E-state index contributed by atoms with van der Waals surface area (Å²) in [5.41, 5.74) is 5.38. The van der Waals surface area contributed by atoms with Gasteiger partial charge in [-0.15, -0.1) is 10.2 Å². The molecule has 5 rings (SSSR count). The van der Waals surface area contributed by atoms with Crippen molar-refractivity contribution in [1.82, 2.24) is 19.6 Å². The topological polar surface area (TPSA) is 88.1 Å². The molecule has 0 amide bonds. The van der Waals surface area contributed by atoms with E-state index in [4.69, 9.17) is 10.00 Å². The molecular formula is C22H17FN6O. The minimum atomic E-state index is -0.267. The van der Waals surface area contributed by atoms with Crippen molar-refractivity contribution in [1.29, 1.82) is 5.26 Å². The van der Waals surface area contributed by atoms with Gasteiger partial charge in [-0.1, -0.05) is 6.07 Å². The molecule has 8 heteroatoms. The summed E-state index contributed by atoms with van der Waals surface area (Å²) in [5.74, 6) is 0.986. The van der Waals surface area contributed by atoms with Crippen LogP contribution in [0.2, 0.25) is 0 Å². The number of hydrogen-bond acceptors (Lipinski definition) is 6. The molecule has 4 aromatic rings. The molecule has 0 aliphatic carbocycles. The zero-order chi connectivity index (χ0) is 20.7. The summed E-state index contributed by atoms with van der Waals surface area (Å²) >= 11 is 0. The largest absolute Gasteiger partial charge is 0.493 e. The minimum absolute atomic E-state index is 0.267. The van der Waals surface area contributed by atoms with Crippen molar-refractivity contribution >= 4 is 11.6 Å². The summed E-state index contributed by atoms with van der Waals surface area (Å²) < 4.78 is 21.7. The van der Waals surface area contributed by atoms with E-state index < -0.39 is 0 Å². The second-order valence-electron chi connectivity index (χ2n) is 7.12. The monoisotopic (exact) mass is 400 g/mol. The zero-order valence-corrected chi connectivity index (χ0v) is 16.2. The Kier molecular flexibility index (Phi) is 4.29. The van der Waals surface area contributed by atoms with Gasteiger partial charge in [-0.25, -0.2) is 9.37 Å². The molecule has 30 heavy (non-hydrogen) atoms. The Labute approximate surface area is 171 Å². The maximum atomic E-state index is 14.4. The fourth-order valence-electron chi connectivity index (χ4n) is 3.85. The number of ether oxygens (including phenoxy) is 1. The van der Waals surface area contributed by atoms with Crippen molar-refractivity contribution in [2.45, 2.75) is 19.9 Å². The molecule has 1 aliphatic rings. The fraction of sp³-hybridized carbons (Fsp3) is 0.182. The van der Waals surface area contributed by atoms with Crippen LogP contribution in [0, 0.1) is 24.1 Å². The van der Waals surface area contributed by atoms with E-state index in [-0.39, 0.29) is 12.4 Å². The molecule has 7 nitrogen and oxygen atoms in total. The van der Waals surface area contributed by atoms with Gasteiger partial charge in [0.15, 0.2) is 5.65 Å². The number of nitriles is 1. The van der Waals surface area contributed by atoms with Crippen LogP contribution in [-0.4, -0.2) is 26.2 Å². The average Bonchev–Trinajstić information content (AvgIpc) is 3.43. The lowest BCUT2D eigenvalue weighted by molar-refractivity contribution is 0.356. The van der Waals surface area contributed by atoms with Crippen molar-refractivity contribution < 1.29 is 9.13 Å². The predicted octanol–water partition coefficient (Wildman–Crippen LogP) is 3.66. The molecular weight excluding hydrogens is 383 g/mol. The van der Waals surface area contributed by atoms with Crippen LogP contribution in [0.25, 0.3) is 16.8 Å².